The molecule has 1 aromatic carbocycles. The van der Waals surface area contributed by atoms with Gasteiger partial charge in [-0.15, -0.1) is 0 Å². The summed E-state index contributed by atoms with van der Waals surface area (Å²) in [5.74, 6) is 0. The van der Waals surface area contributed by atoms with E-state index in [0.29, 0.717) is 5.02 Å². The number of hydrogen-bond acceptors (Lipinski definition) is 1. The first-order valence-electron chi connectivity index (χ1n) is 2.97. The number of aryl methyl sites for hydroxylation is 1. The predicted molar refractivity (Wildman–Crippen MR) is 43.8 cm³/mol. The molecule has 1 rings (SSSR count). The first-order chi connectivity index (χ1) is 4.74. The molecule has 1 radical (unpaired) electrons. The van der Waals surface area contributed by atoms with E-state index < -0.39 is 0 Å². The predicted octanol–water partition coefficient (Wildman–Crippen LogP) is 0.885. The maximum atomic E-state index is 8.64. The lowest BCUT2D eigenvalue weighted by Gasteiger charge is -1.99. The highest BCUT2D eigenvalue weighted by Gasteiger charge is 1.97. The summed E-state index contributed by atoms with van der Waals surface area (Å²) >= 11 is 5.68. The van der Waals surface area contributed by atoms with Gasteiger partial charge in [0.2, 0.25) is 0 Å². The van der Waals surface area contributed by atoms with Gasteiger partial charge in [-0.05, 0) is 19.1 Å². The van der Waals surface area contributed by atoms with Crippen LogP contribution in [0, 0.1) is 6.92 Å². The highest BCUT2D eigenvalue weighted by atomic mass is 35.5. The van der Waals surface area contributed by atoms with Gasteiger partial charge in [-0.25, -0.2) is 0 Å². The van der Waals surface area contributed by atoms with Crippen LogP contribution in [0.25, 0.3) is 0 Å². The molecule has 1 aromatic rings. The van der Waals surface area contributed by atoms with E-state index in [-0.39, 0.29) is 0 Å². The molecular formula is C7H7BClO. The van der Waals surface area contributed by atoms with Crippen molar-refractivity contribution < 1.29 is 5.02 Å². The molecule has 1 nitrogen and oxygen atoms in total. The van der Waals surface area contributed by atoms with Gasteiger partial charge in [0.15, 0.2) is 0 Å². The maximum Gasteiger partial charge on any atom is 0.327 e. The molecule has 0 saturated heterocycles. The third kappa shape index (κ3) is 1.52. The summed E-state index contributed by atoms with van der Waals surface area (Å²) in [6.45, 7) is 1.90. The number of benzene rings is 1. The quantitative estimate of drug-likeness (QED) is 0.594. The smallest absolute Gasteiger partial charge is 0.327 e. The molecule has 0 saturated carbocycles. The van der Waals surface area contributed by atoms with Gasteiger partial charge < -0.3 is 5.02 Å². The van der Waals surface area contributed by atoms with Gasteiger partial charge in [-0.2, -0.15) is 0 Å². The Morgan fingerprint density at radius 2 is 2.20 bits per heavy atom. The standard InChI is InChI=1S/C7H7BClO/c1-5-4-6(9)2-3-7(5)8-10/h2-4,10H,1H3. The molecule has 51 valence electrons. The third-order valence-corrected chi connectivity index (χ3v) is 1.61. The fourth-order valence-corrected chi connectivity index (χ4v) is 1.01. The summed E-state index contributed by atoms with van der Waals surface area (Å²) in [4.78, 5) is 0. The molecule has 0 heterocycles. The van der Waals surface area contributed by atoms with Gasteiger partial charge in [-0.3, -0.25) is 0 Å². The van der Waals surface area contributed by atoms with E-state index >= 15 is 0 Å². The number of rotatable bonds is 1. The largest absolute Gasteiger partial charge is 0.450 e. The Kier molecular flexibility index (Phi) is 2.36. The van der Waals surface area contributed by atoms with Crippen LogP contribution in [0.2, 0.25) is 5.02 Å². The molecule has 0 aromatic heterocycles. The summed E-state index contributed by atoms with van der Waals surface area (Å²) in [6, 6.07) is 5.33. The van der Waals surface area contributed by atoms with Gasteiger partial charge in [0, 0.05) is 5.02 Å². The normalized spacial score (nSPS) is 9.50. The minimum Gasteiger partial charge on any atom is -0.450 e. The fourth-order valence-electron chi connectivity index (χ4n) is 0.784. The average Bonchev–Trinajstić information content (AvgIpc) is 1.88. The lowest BCUT2D eigenvalue weighted by Crippen LogP contribution is -2.16. The zero-order valence-corrected chi connectivity index (χ0v) is 6.39. The minimum absolute atomic E-state index is 0.697. The van der Waals surface area contributed by atoms with Gasteiger partial charge in [0.1, 0.15) is 0 Å². The third-order valence-electron chi connectivity index (χ3n) is 1.37. The molecule has 0 aliphatic rings. The van der Waals surface area contributed by atoms with Crippen LogP contribution in [0.3, 0.4) is 0 Å². The Morgan fingerprint density at radius 1 is 1.50 bits per heavy atom. The Labute approximate surface area is 65.9 Å². The van der Waals surface area contributed by atoms with Crippen LogP contribution in [0.5, 0.6) is 0 Å². The molecule has 0 amide bonds. The molecule has 10 heavy (non-hydrogen) atoms. The van der Waals surface area contributed by atoms with Gasteiger partial charge in [-0.1, -0.05) is 28.7 Å². The Morgan fingerprint density at radius 3 is 2.70 bits per heavy atom. The second kappa shape index (κ2) is 3.08. The van der Waals surface area contributed by atoms with Gasteiger partial charge >= 0.3 is 7.48 Å². The zero-order valence-electron chi connectivity index (χ0n) is 5.63. The molecule has 0 aliphatic carbocycles. The molecule has 0 fully saturated rings. The Hall–Kier alpha value is -0.465. The monoisotopic (exact) mass is 153 g/mol. The topological polar surface area (TPSA) is 20.2 Å². The van der Waals surface area contributed by atoms with E-state index in [0.717, 1.165) is 18.5 Å². The first-order valence-corrected chi connectivity index (χ1v) is 3.35. The Balaban J connectivity index is 3.07. The molecule has 0 atom stereocenters. The lowest BCUT2D eigenvalue weighted by atomic mass is 9.85. The van der Waals surface area contributed by atoms with Crippen molar-refractivity contribution in [1.82, 2.24) is 0 Å². The van der Waals surface area contributed by atoms with E-state index in [1.165, 1.54) is 0 Å². The van der Waals surface area contributed by atoms with Crippen molar-refractivity contribution >= 4 is 24.5 Å². The van der Waals surface area contributed by atoms with E-state index in [9.17, 15) is 0 Å². The highest BCUT2D eigenvalue weighted by Crippen LogP contribution is 2.07. The van der Waals surface area contributed by atoms with Crippen LogP contribution in [0.15, 0.2) is 18.2 Å². The van der Waals surface area contributed by atoms with Crippen LogP contribution in [-0.2, 0) is 0 Å². The Bertz CT molecular complexity index is 237. The van der Waals surface area contributed by atoms with Crippen LogP contribution in [-0.4, -0.2) is 12.5 Å². The van der Waals surface area contributed by atoms with Crippen molar-refractivity contribution in [2.45, 2.75) is 6.92 Å². The SMILES string of the molecule is Cc1cc(Cl)ccc1[B]O. The molecule has 0 bridgehead atoms. The van der Waals surface area contributed by atoms with E-state index in [4.69, 9.17) is 16.6 Å². The van der Waals surface area contributed by atoms with E-state index in [1.54, 1.807) is 12.1 Å². The average molecular weight is 153 g/mol. The fraction of sp³-hybridized carbons (Fsp3) is 0.143. The highest BCUT2D eigenvalue weighted by molar-refractivity contribution is 6.46. The van der Waals surface area contributed by atoms with Gasteiger partial charge in [0.05, 0.1) is 0 Å². The summed E-state index contributed by atoms with van der Waals surface area (Å²) < 4.78 is 0. The van der Waals surface area contributed by atoms with E-state index in [2.05, 4.69) is 0 Å². The molecule has 1 N–H and O–H groups in total. The lowest BCUT2D eigenvalue weighted by molar-refractivity contribution is 0.615. The van der Waals surface area contributed by atoms with Crippen molar-refractivity contribution in [3.05, 3.63) is 28.8 Å². The van der Waals surface area contributed by atoms with Crippen LogP contribution < -0.4 is 5.46 Å². The summed E-state index contributed by atoms with van der Waals surface area (Å²) in [7, 11) is 1.08. The number of hydrogen-bond donors (Lipinski definition) is 1. The van der Waals surface area contributed by atoms with E-state index in [1.807, 2.05) is 13.0 Å². The van der Waals surface area contributed by atoms with Crippen LogP contribution in [0.1, 0.15) is 5.56 Å². The molecular weight excluding hydrogens is 146 g/mol. The van der Waals surface area contributed by atoms with Gasteiger partial charge in [0.25, 0.3) is 0 Å². The van der Waals surface area contributed by atoms with Crippen LogP contribution >= 0.6 is 11.6 Å². The summed E-state index contributed by atoms with van der Waals surface area (Å²) in [5.41, 5.74) is 1.79. The van der Waals surface area contributed by atoms with Crippen molar-refractivity contribution in [3.63, 3.8) is 0 Å². The number of halogens is 1. The molecule has 0 unspecified atom stereocenters. The zero-order chi connectivity index (χ0) is 7.56. The molecule has 0 aliphatic heterocycles. The maximum absolute atomic E-state index is 8.64. The van der Waals surface area contributed by atoms with Crippen molar-refractivity contribution in [1.29, 1.82) is 0 Å². The summed E-state index contributed by atoms with van der Waals surface area (Å²) in [6.07, 6.45) is 0. The van der Waals surface area contributed by atoms with Crippen molar-refractivity contribution in [2.75, 3.05) is 0 Å². The van der Waals surface area contributed by atoms with Crippen molar-refractivity contribution in [3.8, 4) is 0 Å². The second-order valence-electron chi connectivity index (χ2n) is 2.13. The minimum atomic E-state index is 0.697. The molecule has 3 heteroatoms. The summed E-state index contributed by atoms with van der Waals surface area (Å²) in [5, 5.41) is 9.34. The molecule has 0 spiro atoms. The second-order valence-corrected chi connectivity index (χ2v) is 2.57. The van der Waals surface area contributed by atoms with Crippen LogP contribution in [0.4, 0.5) is 0 Å². The van der Waals surface area contributed by atoms with Crippen molar-refractivity contribution in [2.24, 2.45) is 0 Å². The first kappa shape index (κ1) is 7.64.